The Balaban J connectivity index is 1.76. The zero-order valence-electron chi connectivity index (χ0n) is 14.9. The minimum Gasteiger partial charge on any atom is -0.359 e. The average molecular weight is 378 g/mol. The van der Waals surface area contributed by atoms with E-state index in [1.54, 1.807) is 31.2 Å². The summed E-state index contributed by atoms with van der Waals surface area (Å²) in [6.45, 7) is 1.81. The summed E-state index contributed by atoms with van der Waals surface area (Å²) < 4.78 is 26.4. The smallest absolute Gasteiger partial charge is 0.282 e. The van der Waals surface area contributed by atoms with Gasteiger partial charge < -0.3 is 5.32 Å². The molecule has 7 heteroatoms. The summed E-state index contributed by atoms with van der Waals surface area (Å²) in [6, 6.07) is 11.3. The van der Waals surface area contributed by atoms with Crippen molar-refractivity contribution >= 4 is 28.8 Å². The van der Waals surface area contributed by atoms with Crippen molar-refractivity contribution in [2.45, 2.75) is 13.1 Å². The minimum atomic E-state index is -0.773. The van der Waals surface area contributed by atoms with Crippen LogP contribution in [-0.4, -0.2) is 28.5 Å². The van der Waals surface area contributed by atoms with Gasteiger partial charge in [0.15, 0.2) is 11.9 Å². The summed E-state index contributed by atoms with van der Waals surface area (Å²) in [7, 11) is 0. The number of anilines is 1. The van der Waals surface area contributed by atoms with Crippen LogP contribution in [0.3, 0.4) is 0 Å². The molecule has 2 aliphatic heterocycles. The third kappa shape index (κ3) is 3.46. The van der Waals surface area contributed by atoms with Crippen LogP contribution in [0.5, 0.6) is 0 Å². The molecule has 4 rings (SSSR count). The Hall–Kier alpha value is -3.61. The Bertz CT molecular complexity index is 1040. The molecule has 2 heterocycles. The van der Waals surface area contributed by atoms with E-state index >= 15 is 0 Å². The Labute approximate surface area is 160 Å². The summed E-state index contributed by atoms with van der Waals surface area (Å²) in [4.78, 5) is 23.7. The highest BCUT2D eigenvalue weighted by Crippen LogP contribution is 2.23. The first-order valence-corrected chi connectivity index (χ1v) is 8.65. The molecular weight excluding hydrogens is 362 g/mol. The van der Waals surface area contributed by atoms with Crippen LogP contribution in [0.15, 0.2) is 82.4 Å². The molecule has 1 amide bonds. The van der Waals surface area contributed by atoms with Crippen molar-refractivity contribution in [1.29, 1.82) is 0 Å². The van der Waals surface area contributed by atoms with Crippen molar-refractivity contribution in [3.63, 3.8) is 0 Å². The number of halogens is 2. The fourth-order valence-electron chi connectivity index (χ4n) is 2.96. The van der Waals surface area contributed by atoms with Crippen LogP contribution in [0.4, 0.5) is 20.2 Å². The van der Waals surface area contributed by atoms with Crippen LogP contribution >= 0.6 is 0 Å². The van der Waals surface area contributed by atoms with Crippen LogP contribution < -0.4 is 5.32 Å². The molecule has 1 N–H and O–H groups in total. The first kappa shape index (κ1) is 17.8. The van der Waals surface area contributed by atoms with Gasteiger partial charge in [0.2, 0.25) is 0 Å². The summed E-state index contributed by atoms with van der Waals surface area (Å²) >= 11 is 0. The Morgan fingerprint density at radius 2 is 1.68 bits per heavy atom. The number of nitrogens with zero attached hydrogens (tertiary/aromatic N) is 3. The lowest BCUT2D eigenvalue weighted by Gasteiger charge is -2.33. The van der Waals surface area contributed by atoms with Crippen molar-refractivity contribution in [2.75, 3.05) is 5.32 Å². The molecule has 1 unspecified atom stereocenters. The van der Waals surface area contributed by atoms with E-state index in [2.05, 4.69) is 15.3 Å². The first-order valence-electron chi connectivity index (χ1n) is 8.65. The predicted octanol–water partition coefficient (Wildman–Crippen LogP) is 4.19. The topological polar surface area (TPSA) is 57.1 Å². The number of carbonyl (C=O) groups excluding carboxylic acids is 1. The van der Waals surface area contributed by atoms with Crippen LogP contribution in [0.2, 0.25) is 0 Å². The number of hydrogen-bond donors (Lipinski definition) is 1. The van der Waals surface area contributed by atoms with Crippen LogP contribution in [0, 0.1) is 11.6 Å². The maximum absolute atomic E-state index is 13.2. The van der Waals surface area contributed by atoms with Gasteiger partial charge in [0.1, 0.15) is 17.5 Å². The third-order valence-corrected chi connectivity index (χ3v) is 4.33. The second-order valence-electron chi connectivity index (χ2n) is 6.32. The number of carbonyl (C=O) groups is 1. The van der Waals surface area contributed by atoms with Gasteiger partial charge in [-0.2, -0.15) is 0 Å². The van der Waals surface area contributed by atoms with Crippen molar-refractivity contribution in [3.05, 3.63) is 84.1 Å². The van der Waals surface area contributed by atoms with Crippen LogP contribution in [-0.2, 0) is 4.79 Å². The molecule has 0 aromatic heterocycles. The summed E-state index contributed by atoms with van der Waals surface area (Å²) in [5.74, 6) is -0.589. The number of amidine groups is 1. The Morgan fingerprint density at radius 3 is 2.36 bits per heavy atom. The highest BCUT2D eigenvalue weighted by Gasteiger charge is 2.36. The monoisotopic (exact) mass is 378 g/mol. The zero-order chi connectivity index (χ0) is 19.7. The van der Waals surface area contributed by atoms with E-state index in [1.807, 2.05) is 6.08 Å². The molecule has 0 saturated carbocycles. The fourth-order valence-corrected chi connectivity index (χ4v) is 2.96. The number of hydrogen-bond acceptors (Lipinski definition) is 4. The van der Waals surface area contributed by atoms with Gasteiger partial charge >= 0.3 is 0 Å². The number of rotatable bonds is 3. The largest absolute Gasteiger partial charge is 0.359 e. The SMILES string of the molecule is CC1=CC=CC2=NC(Nc3ccc(F)cc3)C(=Nc3ccc(F)cc3)C(=O)N12. The van der Waals surface area contributed by atoms with E-state index in [9.17, 15) is 13.6 Å². The molecule has 140 valence electrons. The standard InChI is InChI=1S/C21H16F2N4O/c1-13-3-2-4-18-26-20(25-17-11-7-15(23)8-12-17)19(21(28)27(13)18)24-16-9-5-14(22)6-10-16/h2-12,20,25H,1H3. The molecule has 28 heavy (non-hydrogen) atoms. The molecule has 2 aromatic carbocycles. The molecule has 5 nitrogen and oxygen atoms in total. The highest BCUT2D eigenvalue weighted by atomic mass is 19.1. The quantitative estimate of drug-likeness (QED) is 0.871. The fraction of sp³-hybridized carbons (Fsp3) is 0.0952. The van der Waals surface area contributed by atoms with Gasteiger partial charge in [-0.05, 0) is 67.6 Å². The third-order valence-electron chi connectivity index (χ3n) is 4.33. The summed E-state index contributed by atoms with van der Waals surface area (Å²) in [5.41, 5.74) is 1.90. The summed E-state index contributed by atoms with van der Waals surface area (Å²) in [5, 5.41) is 3.11. The van der Waals surface area contributed by atoms with Gasteiger partial charge in [0.25, 0.3) is 5.91 Å². The minimum absolute atomic E-state index is 0.155. The van der Waals surface area contributed by atoms with E-state index in [1.165, 1.54) is 41.3 Å². The number of fused-ring (bicyclic) bond motifs is 1. The molecule has 0 saturated heterocycles. The van der Waals surface area contributed by atoms with Crippen molar-refractivity contribution in [1.82, 2.24) is 4.90 Å². The molecule has 0 aliphatic carbocycles. The van der Waals surface area contributed by atoms with E-state index < -0.39 is 6.17 Å². The van der Waals surface area contributed by atoms with E-state index in [0.717, 1.165) is 5.70 Å². The number of amides is 1. The number of aliphatic imine (C=N–C) groups is 2. The van der Waals surface area contributed by atoms with Gasteiger partial charge in [0, 0.05) is 11.4 Å². The lowest BCUT2D eigenvalue weighted by atomic mass is 10.1. The molecule has 1 atom stereocenters. The highest BCUT2D eigenvalue weighted by molar-refractivity contribution is 6.46. The Kier molecular flexibility index (Phi) is 4.57. The number of allylic oxidation sites excluding steroid dienone is 3. The molecule has 0 spiro atoms. The van der Waals surface area contributed by atoms with Gasteiger partial charge in [0.05, 0.1) is 5.69 Å². The lowest BCUT2D eigenvalue weighted by Crippen LogP contribution is -2.50. The van der Waals surface area contributed by atoms with Crippen LogP contribution in [0.1, 0.15) is 6.92 Å². The molecule has 2 aromatic rings. The normalized spacial score (nSPS) is 20.0. The average Bonchev–Trinajstić information content (AvgIpc) is 2.68. The van der Waals surface area contributed by atoms with E-state index in [0.29, 0.717) is 17.2 Å². The zero-order valence-corrected chi connectivity index (χ0v) is 14.9. The number of nitrogens with one attached hydrogen (secondary N) is 1. The molecular formula is C21H16F2N4O. The van der Waals surface area contributed by atoms with Gasteiger partial charge in [-0.1, -0.05) is 6.08 Å². The molecule has 0 bridgehead atoms. The van der Waals surface area contributed by atoms with Crippen molar-refractivity contribution in [2.24, 2.45) is 9.98 Å². The van der Waals surface area contributed by atoms with Gasteiger partial charge in [-0.15, -0.1) is 0 Å². The second kappa shape index (κ2) is 7.19. The van der Waals surface area contributed by atoms with Crippen molar-refractivity contribution < 1.29 is 13.6 Å². The molecule has 0 fully saturated rings. The van der Waals surface area contributed by atoms with E-state index in [4.69, 9.17) is 0 Å². The molecule has 0 radical (unpaired) electrons. The van der Waals surface area contributed by atoms with Gasteiger partial charge in [-0.25, -0.2) is 18.8 Å². The maximum atomic E-state index is 13.2. The van der Waals surface area contributed by atoms with Crippen molar-refractivity contribution in [3.8, 4) is 0 Å². The predicted molar refractivity (Wildman–Crippen MR) is 104 cm³/mol. The first-order chi connectivity index (χ1) is 13.5. The van der Waals surface area contributed by atoms with E-state index in [-0.39, 0.29) is 23.3 Å². The van der Waals surface area contributed by atoms with Crippen LogP contribution in [0.25, 0.3) is 0 Å². The molecule has 2 aliphatic rings. The maximum Gasteiger partial charge on any atom is 0.282 e. The lowest BCUT2D eigenvalue weighted by molar-refractivity contribution is -0.119. The number of benzene rings is 2. The van der Waals surface area contributed by atoms with Gasteiger partial charge in [-0.3, -0.25) is 9.69 Å². The summed E-state index contributed by atoms with van der Waals surface area (Å²) in [6.07, 6.45) is 4.58. The second-order valence-corrected chi connectivity index (χ2v) is 6.32. The Morgan fingerprint density at radius 1 is 1.04 bits per heavy atom.